The van der Waals surface area contributed by atoms with Gasteiger partial charge >= 0.3 is 0 Å². The van der Waals surface area contributed by atoms with Gasteiger partial charge in [0.15, 0.2) is 5.78 Å². The predicted molar refractivity (Wildman–Crippen MR) is 73.1 cm³/mol. The van der Waals surface area contributed by atoms with Crippen molar-refractivity contribution < 1.29 is 4.79 Å². The van der Waals surface area contributed by atoms with Gasteiger partial charge in [-0.25, -0.2) is 4.68 Å². The number of ketones is 1. The van der Waals surface area contributed by atoms with Crippen LogP contribution in [0.25, 0.3) is 5.69 Å². The number of nitrogens with two attached hydrogens (primary N) is 1. The molecule has 2 N–H and O–H groups in total. The first kappa shape index (κ1) is 13.4. The molecule has 1 aromatic heterocycles. The summed E-state index contributed by atoms with van der Waals surface area (Å²) in [5, 5.41) is 7.82. The maximum atomic E-state index is 12.3. The van der Waals surface area contributed by atoms with Crippen LogP contribution >= 0.6 is 0 Å². The summed E-state index contributed by atoms with van der Waals surface area (Å²) in [4.78, 5) is 12.3. The summed E-state index contributed by atoms with van der Waals surface area (Å²) in [6.45, 7) is 2.56. The molecule has 19 heavy (non-hydrogen) atoms. The number of nitrogens with zero attached hydrogens (tertiary/aromatic N) is 3. The van der Waals surface area contributed by atoms with Gasteiger partial charge in [0.25, 0.3) is 0 Å². The van der Waals surface area contributed by atoms with Crippen LogP contribution in [0.3, 0.4) is 0 Å². The van der Waals surface area contributed by atoms with Crippen molar-refractivity contribution in [1.82, 2.24) is 15.0 Å². The van der Waals surface area contributed by atoms with Crippen LogP contribution in [0, 0.1) is 5.92 Å². The lowest BCUT2D eigenvalue weighted by molar-refractivity contribution is 0.0953. The SMILES string of the molecule is CCC(CN)CC(=O)c1cnnn1-c1ccccc1. The van der Waals surface area contributed by atoms with Crippen molar-refractivity contribution in [1.29, 1.82) is 0 Å². The summed E-state index contributed by atoms with van der Waals surface area (Å²) in [6.07, 6.45) is 2.85. The van der Waals surface area contributed by atoms with Crippen LogP contribution < -0.4 is 5.73 Å². The molecule has 1 atom stereocenters. The minimum absolute atomic E-state index is 0.0335. The molecule has 0 aliphatic heterocycles. The van der Waals surface area contributed by atoms with E-state index in [2.05, 4.69) is 10.3 Å². The van der Waals surface area contributed by atoms with Gasteiger partial charge in [-0.3, -0.25) is 4.79 Å². The van der Waals surface area contributed by atoms with E-state index in [0.29, 0.717) is 18.7 Å². The summed E-state index contributed by atoms with van der Waals surface area (Å²) < 4.78 is 1.57. The van der Waals surface area contributed by atoms with Gasteiger partial charge in [-0.2, -0.15) is 0 Å². The van der Waals surface area contributed by atoms with E-state index in [1.165, 1.54) is 6.20 Å². The number of carbonyl (C=O) groups is 1. The molecule has 1 heterocycles. The van der Waals surface area contributed by atoms with Crippen molar-refractivity contribution in [2.45, 2.75) is 19.8 Å². The second kappa shape index (κ2) is 6.24. The van der Waals surface area contributed by atoms with E-state index < -0.39 is 0 Å². The normalized spacial score (nSPS) is 12.3. The molecule has 100 valence electrons. The Kier molecular flexibility index (Phi) is 4.41. The summed E-state index contributed by atoms with van der Waals surface area (Å²) in [7, 11) is 0. The van der Waals surface area contributed by atoms with E-state index in [1.807, 2.05) is 37.3 Å². The van der Waals surface area contributed by atoms with Crippen LogP contribution in [0.4, 0.5) is 0 Å². The molecule has 0 bridgehead atoms. The Balaban J connectivity index is 2.23. The van der Waals surface area contributed by atoms with Gasteiger partial charge in [0.05, 0.1) is 11.9 Å². The van der Waals surface area contributed by atoms with E-state index in [4.69, 9.17) is 5.73 Å². The predicted octanol–water partition coefficient (Wildman–Crippen LogP) is 1.82. The molecule has 2 rings (SSSR count). The topological polar surface area (TPSA) is 73.8 Å². The van der Waals surface area contributed by atoms with E-state index in [9.17, 15) is 4.79 Å². The lowest BCUT2D eigenvalue weighted by Gasteiger charge is -2.11. The van der Waals surface area contributed by atoms with E-state index >= 15 is 0 Å². The summed E-state index contributed by atoms with van der Waals surface area (Å²) >= 11 is 0. The highest BCUT2D eigenvalue weighted by Gasteiger charge is 2.17. The number of aromatic nitrogens is 3. The standard InChI is InChI=1S/C14H18N4O/c1-2-11(9-15)8-14(19)13-10-16-17-18(13)12-6-4-3-5-7-12/h3-7,10-11H,2,8-9,15H2,1H3. The highest BCUT2D eigenvalue weighted by molar-refractivity contribution is 5.94. The average Bonchev–Trinajstić information content (AvgIpc) is 2.95. The second-order valence-corrected chi connectivity index (χ2v) is 4.50. The second-order valence-electron chi connectivity index (χ2n) is 4.50. The van der Waals surface area contributed by atoms with Crippen molar-refractivity contribution in [2.75, 3.05) is 6.54 Å². The molecule has 0 radical (unpaired) electrons. The fourth-order valence-electron chi connectivity index (χ4n) is 1.95. The number of benzene rings is 1. The molecule has 0 saturated heterocycles. The number of hydrogen-bond donors (Lipinski definition) is 1. The lowest BCUT2D eigenvalue weighted by Crippen LogP contribution is -2.19. The Bertz CT molecular complexity index is 531. The Hall–Kier alpha value is -2.01. The molecule has 0 fully saturated rings. The number of rotatable bonds is 6. The molecule has 0 amide bonds. The number of hydrogen-bond acceptors (Lipinski definition) is 4. The maximum absolute atomic E-state index is 12.3. The van der Waals surface area contributed by atoms with E-state index in [-0.39, 0.29) is 11.7 Å². The molecule has 0 saturated carbocycles. The van der Waals surface area contributed by atoms with Crippen molar-refractivity contribution >= 4 is 5.78 Å². The zero-order valence-electron chi connectivity index (χ0n) is 11.0. The van der Waals surface area contributed by atoms with Crippen LogP contribution in [0.15, 0.2) is 36.5 Å². The van der Waals surface area contributed by atoms with Crippen molar-refractivity contribution in [3.63, 3.8) is 0 Å². The van der Waals surface area contributed by atoms with E-state index in [1.54, 1.807) is 4.68 Å². The first-order chi connectivity index (χ1) is 9.26. The molecule has 0 spiro atoms. The Labute approximate surface area is 112 Å². The van der Waals surface area contributed by atoms with Gasteiger partial charge < -0.3 is 5.73 Å². The van der Waals surface area contributed by atoms with Gasteiger partial charge in [-0.05, 0) is 24.6 Å². The molecule has 1 aromatic carbocycles. The van der Waals surface area contributed by atoms with E-state index in [0.717, 1.165) is 12.1 Å². The molecular formula is C14H18N4O. The summed E-state index contributed by atoms with van der Waals surface area (Å²) in [6, 6.07) is 9.51. The van der Waals surface area contributed by atoms with Gasteiger partial charge in [0, 0.05) is 6.42 Å². The zero-order chi connectivity index (χ0) is 13.7. The van der Waals surface area contributed by atoms with Gasteiger partial charge in [-0.1, -0.05) is 36.8 Å². The van der Waals surface area contributed by atoms with Gasteiger partial charge in [-0.15, -0.1) is 5.10 Å². The van der Waals surface area contributed by atoms with Crippen LogP contribution in [-0.2, 0) is 0 Å². The van der Waals surface area contributed by atoms with Crippen molar-refractivity contribution in [3.05, 3.63) is 42.2 Å². The van der Waals surface area contributed by atoms with Crippen molar-refractivity contribution in [2.24, 2.45) is 11.7 Å². The summed E-state index contributed by atoms with van der Waals surface area (Å²) in [5.41, 5.74) is 6.99. The highest BCUT2D eigenvalue weighted by Crippen LogP contribution is 2.14. The number of para-hydroxylation sites is 1. The molecule has 1 unspecified atom stereocenters. The minimum Gasteiger partial charge on any atom is -0.330 e. The largest absolute Gasteiger partial charge is 0.330 e. The fourth-order valence-corrected chi connectivity index (χ4v) is 1.95. The van der Waals surface area contributed by atoms with Crippen LogP contribution in [0.1, 0.15) is 30.3 Å². The quantitative estimate of drug-likeness (QED) is 0.802. The lowest BCUT2D eigenvalue weighted by atomic mass is 9.99. The first-order valence-corrected chi connectivity index (χ1v) is 6.45. The average molecular weight is 258 g/mol. The Morgan fingerprint density at radius 2 is 2.11 bits per heavy atom. The highest BCUT2D eigenvalue weighted by atomic mass is 16.1. The van der Waals surface area contributed by atoms with Crippen LogP contribution in [0.5, 0.6) is 0 Å². The fraction of sp³-hybridized carbons (Fsp3) is 0.357. The molecule has 2 aromatic rings. The van der Waals surface area contributed by atoms with Crippen molar-refractivity contribution in [3.8, 4) is 5.69 Å². The molecule has 0 aliphatic rings. The molecular weight excluding hydrogens is 240 g/mol. The molecule has 5 nitrogen and oxygen atoms in total. The third-order valence-corrected chi connectivity index (χ3v) is 3.22. The third-order valence-electron chi connectivity index (χ3n) is 3.22. The first-order valence-electron chi connectivity index (χ1n) is 6.45. The molecule has 5 heteroatoms. The molecule has 0 aliphatic carbocycles. The summed E-state index contributed by atoms with van der Waals surface area (Å²) in [5.74, 6) is 0.248. The van der Waals surface area contributed by atoms with Gasteiger partial charge in [0.1, 0.15) is 5.69 Å². The minimum atomic E-state index is 0.0335. The monoisotopic (exact) mass is 258 g/mol. The number of carbonyl (C=O) groups excluding carboxylic acids is 1. The number of Topliss-reactive ketones (excluding diaryl/α,β-unsaturated/α-hetero) is 1. The maximum Gasteiger partial charge on any atom is 0.183 e. The Morgan fingerprint density at radius 1 is 1.37 bits per heavy atom. The van der Waals surface area contributed by atoms with Crippen LogP contribution in [0.2, 0.25) is 0 Å². The third kappa shape index (κ3) is 3.06. The Morgan fingerprint density at radius 3 is 2.74 bits per heavy atom. The van der Waals surface area contributed by atoms with Crippen LogP contribution in [-0.4, -0.2) is 27.3 Å². The van der Waals surface area contributed by atoms with Gasteiger partial charge in [0.2, 0.25) is 0 Å². The zero-order valence-corrected chi connectivity index (χ0v) is 11.0. The smallest absolute Gasteiger partial charge is 0.183 e.